The Morgan fingerprint density at radius 1 is 1.47 bits per heavy atom. The lowest BCUT2D eigenvalue weighted by molar-refractivity contribution is -0.105. The molecule has 3 nitrogen and oxygen atoms in total. The van der Waals surface area contributed by atoms with Crippen molar-refractivity contribution in [2.24, 2.45) is 0 Å². The van der Waals surface area contributed by atoms with Gasteiger partial charge in [0, 0.05) is 15.4 Å². The van der Waals surface area contributed by atoms with Crippen molar-refractivity contribution >= 4 is 38.8 Å². The van der Waals surface area contributed by atoms with Crippen LogP contribution in [-0.2, 0) is 4.79 Å². The van der Waals surface area contributed by atoms with Gasteiger partial charge < -0.3 is 5.32 Å². The highest BCUT2D eigenvalue weighted by molar-refractivity contribution is 9.10. The van der Waals surface area contributed by atoms with Crippen molar-refractivity contribution < 1.29 is 4.79 Å². The molecule has 76 valence electrons. The third-order valence-corrected chi connectivity index (χ3v) is 3.07. The highest BCUT2D eigenvalue weighted by Crippen LogP contribution is 2.26. The number of rotatable bonds is 3. The molecule has 0 radical (unpaired) electrons. The zero-order chi connectivity index (χ0) is 10.7. The molecule has 0 aliphatic carbocycles. The predicted octanol–water partition coefficient (Wildman–Crippen LogP) is 3.14. The van der Waals surface area contributed by atoms with E-state index in [2.05, 4.69) is 26.2 Å². The fourth-order valence-corrected chi connectivity index (χ4v) is 2.25. The van der Waals surface area contributed by atoms with E-state index in [9.17, 15) is 4.79 Å². The molecule has 0 fully saturated rings. The van der Waals surface area contributed by atoms with Gasteiger partial charge in [-0.2, -0.15) is 0 Å². The van der Waals surface area contributed by atoms with Crippen LogP contribution in [0.15, 0.2) is 34.1 Å². The van der Waals surface area contributed by atoms with Crippen LogP contribution in [0.3, 0.4) is 0 Å². The van der Waals surface area contributed by atoms with E-state index in [1.807, 2.05) is 29.6 Å². The molecule has 0 saturated heterocycles. The second-order valence-electron chi connectivity index (χ2n) is 2.81. The molecule has 1 aromatic heterocycles. The molecular formula is C10H7BrN2OS. The molecule has 15 heavy (non-hydrogen) atoms. The van der Waals surface area contributed by atoms with Crippen molar-refractivity contribution in [1.82, 2.24) is 4.98 Å². The van der Waals surface area contributed by atoms with Crippen LogP contribution >= 0.6 is 27.3 Å². The Morgan fingerprint density at radius 2 is 2.33 bits per heavy atom. The minimum absolute atomic E-state index is 0.611. The molecule has 0 unspecified atom stereocenters. The van der Waals surface area contributed by atoms with Gasteiger partial charge in [0.2, 0.25) is 6.41 Å². The first-order valence-electron chi connectivity index (χ1n) is 4.21. The van der Waals surface area contributed by atoms with Gasteiger partial charge in [-0.25, -0.2) is 4.98 Å². The van der Waals surface area contributed by atoms with E-state index in [4.69, 9.17) is 0 Å². The van der Waals surface area contributed by atoms with Crippen LogP contribution in [0.2, 0.25) is 0 Å². The number of nitrogens with zero attached hydrogens (tertiary/aromatic N) is 1. The first kappa shape index (κ1) is 10.3. The quantitative estimate of drug-likeness (QED) is 0.879. The number of nitrogens with one attached hydrogen (secondary N) is 1. The Kier molecular flexibility index (Phi) is 3.13. The van der Waals surface area contributed by atoms with Gasteiger partial charge in [0.25, 0.3) is 0 Å². The summed E-state index contributed by atoms with van der Waals surface area (Å²) in [6.45, 7) is 0. The summed E-state index contributed by atoms with van der Waals surface area (Å²) in [7, 11) is 0. The molecule has 0 aliphatic rings. The lowest BCUT2D eigenvalue weighted by atomic mass is 10.2. The van der Waals surface area contributed by atoms with Gasteiger partial charge in [-0.15, -0.1) is 11.3 Å². The van der Waals surface area contributed by atoms with Crippen molar-refractivity contribution in [2.75, 3.05) is 5.32 Å². The summed E-state index contributed by atoms with van der Waals surface area (Å²) >= 11 is 4.81. The van der Waals surface area contributed by atoms with E-state index >= 15 is 0 Å². The molecule has 0 spiro atoms. The smallest absolute Gasteiger partial charge is 0.213 e. The van der Waals surface area contributed by atoms with Gasteiger partial charge >= 0.3 is 0 Å². The summed E-state index contributed by atoms with van der Waals surface area (Å²) in [5.41, 5.74) is 1.89. The lowest BCUT2D eigenvalue weighted by Gasteiger charge is -1.96. The van der Waals surface area contributed by atoms with Crippen molar-refractivity contribution in [3.05, 3.63) is 34.1 Å². The minimum atomic E-state index is 0.611. The standard InChI is InChI=1S/C10H7BrN2OS/c11-8-3-1-2-7(4-8)9-5-15-10(13-9)12-6-14/h1-6H,(H,12,13,14). The maximum Gasteiger partial charge on any atom is 0.213 e. The second-order valence-corrected chi connectivity index (χ2v) is 4.58. The summed E-state index contributed by atoms with van der Waals surface area (Å²) in [5.74, 6) is 0. The number of thiazole rings is 1. The molecule has 0 atom stereocenters. The van der Waals surface area contributed by atoms with Crippen molar-refractivity contribution in [3.63, 3.8) is 0 Å². The molecule has 0 saturated carbocycles. The highest BCUT2D eigenvalue weighted by atomic mass is 79.9. The van der Waals surface area contributed by atoms with Crippen molar-refractivity contribution in [1.29, 1.82) is 0 Å². The van der Waals surface area contributed by atoms with Gasteiger partial charge in [-0.05, 0) is 12.1 Å². The van der Waals surface area contributed by atoms with E-state index in [0.717, 1.165) is 15.7 Å². The van der Waals surface area contributed by atoms with Gasteiger partial charge in [0.1, 0.15) is 0 Å². The molecule has 1 N–H and O–H groups in total. The van der Waals surface area contributed by atoms with E-state index in [0.29, 0.717) is 11.5 Å². The zero-order valence-electron chi connectivity index (χ0n) is 7.61. The van der Waals surface area contributed by atoms with Gasteiger partial charge in [0.15, 0.2) is 5.13 Å². The molecule has 0 bridgehead atoms. The van der Waals surface area contributed by atoms with Gasteiger partial charge in [0.05, 0.1) is 5.69 Å². The van der Waals surface area contributed by atoms with Crippen molar-refractivity contribution in [2.45, 2.75) is 0 Å². The molecule has 5 heteroatoms. The van der Waals surface area contributed by atoms with E-state index < -0.39 is 0 Å². The van der Waals surface area contributed by atoms with Crippen LogP contribution in [0.25, 0.3) is 11.3 Å². The Morgan fingerprint density at radius 3 is 3.07 bits per heavy atom. The maximum atomic E-state index is 10.2. The Hall–Kier alpha value is -1.20. The van der Waals surface area contributed by atoms with Gasteiger partial charge in [-0.3, -0.25) is 4.79 Å². The SMILES string of the molecule is O=CNc1nc(-c2cccc(Br)c2)cs1. The van der Waals surface area contributed by atoms with E-state index in [-0.39, 0.29) is 0 Å². The number of hydrogen-bond donors (Lipinski definition) is 1. The first-order valence-corrected chi connectivity index (χ1v) is 5.88. The van der Waals surface area contributed by atoms with Crippen LogP contribution in [0.1, 0.15) is 0 Å². The van der Waals surface area contributed by atoms with Gasteiger partial charge in [-0.1, -0.05) is 28.1 Å². The highest BCUT2D eigenvalue weighted by Gasteiger charge is 2.03. The molecule has 0 aliphatic heterocycles. The van der Waals surface area contributed by atoms with Crippen LogP contribution < -0.4 is 5.32 Å². The monoisotopic (exact) mass is 282 g/mol. The topological polar surface area (TPSA) is 42.0 Å². The van der Waals surface area contributed by atoms with Crippen LogP contribution in [0, 0.1) is 0 Å². The minimum Gasteiger partial charge on any atom is -0.305 e. The molecule has 1 amide bonds. The number of aromatic nitrogens is 1. The van der Waals surface area contributed by atoms with E-state index in [1.165, 1.54) is 11.3 Å². The molecule has 1 aromatic carbocycles. The summed E-state index contributed by atoms with van der Waals surface area (Å²) in [6, 6.07) is 7.87. The van der Waals surface area contributed by atoms with Crippen LogP contribution in [0.4, 0.5) is 5.13 Å². The third-order valence-electron chi connectivity index (χ3n) is 1.81. The van der Waals surface area contributed by atoms with Crippen LogP contribution in [-0.4, -0.2) is 11.4 Å². The fraction of sp³-hybridized carbons (Fsp3) is 0. The Bertz CT molecular complexity index is 484. The first-order chi connectivity index (χ1) is 7.29. The number of anilines is 1. The number of benzene rings is 1. The lowest BCUT2D eigenvalue weighted by Crippen LogP contribution is -1.91. The van der Waals surface area contributed by atoms with Crippen LogP contribution in [0.5, 0.6) is 0 Å². The maximum absolute atomic E-state index is 10.2. The molecular weight excluding hydrogens is 276 g/mol. The number of amides is 1. The Labute approximate surface area is 99.3 Å². The van der Waals surface area contributed by atoms with Crippen molar-refractivity contribution in [3.8, 4) is 11.3 Å². The molecule has 2 aromatic rings. The number of hydrogen-bond acceptors (Lipinski definition) is 3. The summed E-state index contributed by atoms with van der Waals surface area (Å²) in [6.07, 6.45) is 0.628. The summed E-state index contributed by atoms with van der Waals surface area (Å²) < 4.78 is 1.01. The number of halogens is 1. The number of carbonyl (C=O) groups excluding carboxylic acids is 1. The Balaban J connectivity index is 2.32. The average Bonchev–Trinajstić information content (AvgIpc) is 2.67. The fourth-order valence-electron chi connectivity index (χ4n) is 1.17. The number of carbonyl (C=O) groups is 1. The predicted molar refractivity (Wildman–Crippen MR) is 64.9 cm³/mol. The largest absolute Gasteiger partial charge is 0.305 e. The summed E-state index contributed by atoms with van der Waals surface area (Å²) in [5, 5.41) is 5.05. The normalized spacial score (nSPS) is 9.93. The average molecular weight is 283 g/mol. The van der Waals surface area contributed by atoms with E-state index in [1.54, 1.807) is 0 Å². The summed E-state index contributed by atoms with van der Waals surface area (Å²) in [4.78, 5) is 14.5. The zero-order valence-corrected chi connectivity index (χ0v) is 10.0. The second kappa shape index (κ2) is 4.55. The molecule has 2 rings (SSSR count). The third kappa shape index (κ3) is 2.43. The molecule has 1 heterocycles.